The molecule has 0 aliphatic rings. The fraction of sp³-hybridized carbons (Fsp3) is 0.143. The maximum atomic E-state index is 12.7. The van der Waals surface area contributed by atoms with Crippen molar-refractivity contribution in [1.82, 2.24) is 5.32 Å². The van der Waals surface area contributed by atoms with E-state index in [1.54, 1.807) is 0 Å². The largest absolute Gasteiger partial charge is 0.343 e. The minimum absolute atomic E-state index is 0.158. The van der Waals surface area contributed by atoms with Crippen molar-refractivity contribution in [3.8, 4) is 0 Å². The molecule has 0 bridgehead atoms. The number of fused-ring (bicyclic) bond motifs is 1. The van der Waals surface area contributed by atoms with E-state index in [2.05, 4.69) is 10.6 Å². The highest BCUT2D eigenvalue weighted by Crippen LogP contribution is 2.19. The van der Waals surface area contributed by atoms with Crippen molar-refractivity contribution in [2.45, 2.75) is 12.5 Å². The maximum Gasteiger partial charge on any atom is 0.247 e. The summed E-state index contributed by atoms with van der Waals surface area (Å²) in [5.74, 6) is -0.634. The average Bonchev–Trinajstić information content (AvgIpc) is 2.68. The molecule has 26 heavy (non-hydrogen) atoms. The number of amides is 2. The summed E-state index contributed by atoms with van der Waals surface area (Å²) in [6, 6.07) is 22.5. The molecule has 0 spiro atoms. The number of nitrogens with one attached hydrogen (secondary N) is 2. The molecule has 0 fully saturated rings. The second-order valence-corrected chi connectivity index (χ2v) is 6.07. The average molecular weight is 347 g/mol. The van der Waals surface area contributed by atoms with Crippen LogP contribution in [0.25, 0.3) is 10.8 Å². The van der Waals surface area contributed by atoms with Gasteiger partial charge in [0.25, 0.3) is 0 Å². The molecule has 0 aromatic heterocycles. The first-order chi connectivity index (χ1) is 12.7. The Labute approximate surface area is 152 Å². The van der Waals surface area contributed by atoms with Crippen LogP contribution < -0.4 is 16.4 Å². The molecule has 5 nitrogen and oxygen atoms in total. The van der Waals surface area contributed by atoms with Gasteiger partial charge in [-0.1, -0.05) is 60.7 Å². The van der Waals surface area contributed by atoms with E-state index in [1.165, 1.54) is 0 Å². The zero-order chi connectivity index (χ0) is 18.4. The third kappa shape index (κ3) is 4.46. The van der Waals surface area contributed by atoms with Crippen LogP contribution in [0.4, 0.5) is 5.69 Å². The van der Waals surface area contributed by atoms with Crippen molar-refractivity contribution >= 4 is 28.3 Å². The van der Waals surface area contributed by atoms with Crippen LogP contribution in [0.1, 0.15) is 5.56 Å². The number of nitrogens with two attached hydrogens (primary N) is 1. The van der Waals surface area contributed by atoms with E-state index in [9.17, 15) is 9.59 Å². The summed E-state index contributed by atoms with van der Waals surface area (Å²) >= 11 is 0. The number of hydrogen-bond donors (Lipinski definition) is 3. The van der Waals surface area contributed by atoms with Crippen molar-refractivity contribution in [3.63, 3.8) is 0 Å². The molecule has 4 N–H and O–H groups in total. The van der Waals surface area contributed by atoms with Crippen LogP contribution in [0.2, 0.25) is 0 Å². The number of rotatable bonds is 6. The molecule has 3 rings (SSSR count). The zero-order valence-electron chi connectivity index (χ0n) is 14.3. The fourth-order valence-electron chi connectivity index (χ4n) is 2.81. The van der Waals surface area contributed by atoms with Crippen LogP contribution in [0.15, 0.2) is 72.8 Å². The third-order valence-corrected chi connectivity index (χ3v) is 4.14. The van der Waals surface area contributed by atoms with Gasteiger partial charge in [0.2, 0.25) is 11.8 Å². The molecule has 2 amide bonds. The Kier molecular flexibility index (Phi) is 5.61. The van der Waals surface area contributed by atoms with E-state index in [0.29, 0.717) is 12.1 Å². The maximum absolute atomic E-state index is 12.7. The van der Waals surface area contributed by atoms with Crippen molar-refractivity contribution in [3.05, 3.63) is 78.4 Å². The van der Waals surface area contributed by atoms with Crippen LogP contribution in [0, 0.1) is 0 Å². The molecular weight excluding hydrogens is 326 g/mol. The van der Waals surface area contributed by atoms with Gasteiger partial charge < -0.3 is 16.4 Å². The lowest BCUT2D eigenvalue weighted by Crippen LogP contribution is -2.47. The molecule has 3 aromatic rings. The molecule has 0 saturated carbocycles. The Bertz CT molecular complexity index is 909. The van der Waals surface area contributed by atoms with Crippen LogP contribution in [0.3, 0.4) is 0 Å². The first-order valence-electron chi connectivity index (χ1n) is 8.49. The molecule has 0 aliphatic carbocycles. The van der Waals surface area contributed by atoms with Gasteiger partial charge in [0, 0.05) is 12.1 Å². The number of anilines is 1. The zero-order valence-corrected chi connectivity index (χ0v) is 14.3. The Hall–Kier alpha value is -3.18. The van der Waals surface area contributed by atoms with Crippen molar-refractivity contribution in [1.29, 1.82) is 0 Å². The summed E-state index contributed by atoms with van der Waals surface area (Å²) in [4.78, 5) is 24.5. The standard InChI is InChI=1S/C21H21N3O2/c22-14-20(25)24-19(12-15-6-2-1-3-7-15)21(26)23-18-11-10-16-8-4-5-9-17(16)13-18/h1-11,13,19H,12,14,22H2,(H,23,26)(H,24,25)/t19-/m1/s1. The lowest BCUT2D eigenvalue weighted by atomic mass is 10.0. The van der Waals surface area contributed by atoms with E-state index in [4.69, 9.17) is 5.73 Å². The minimum Gasteiger partial charge on any atom is -0.343 e. The van der Waals surface area contributed by atoms with Gasteiger partial charge in [-0.05, 0) is 28.5 Å². The molecule has 0 saturated heterocycles. The molecule has 0 radical (unpaired) electrons. The quantitative estimate of drug-likeness (QED) is 0.640. The molecular formula is C21H21N3O2. The van der Waals surface area contributed by atoms with E-state index >= 15 is 0 Å². The summed E-state index contributed by atoms with van der Waals surface area (Å²) in [5.41, 5.74) is 7.04. The summed E-state index contributed by atoms with van der Waals surface area (Å²) in [5, 5.41) is 7.72. The van der Waals surface area contributed by atoms with Gasteiger partial charge in [-0.3, -0.25) is 9.59 Å². The Morgan fingerprint density at radius 2 is 1.58 bits per heavy atom. The lowest BCUT2D eigenvalue weighted by molar-refractivity contribution is -0.125. The van der Waals surface area contributed by atoms with Crippen molar-refractivity contribution in [2.24, 2.45) is 5.73 Å². The predicted octanol–water partition coefficient (Wildman–Crippen LogP) is 2.46. The molecule has 1 atom stereocenters. The number of benzene rings is 3. The van der Waals surface area contributed by atoms with Crippen LogP contribution >= 0.6 is 0 Å². The van der Waals surface area contributed by atoms with E-state index in [1.807, 2.05) is 72.8 Å². The van der Waals surface area contributed by atoms with Crippen LogP contribution in [-0.4, -0.2) is 24.4 Å². The lowest BCUT2D eigenvalue weighted by Gasteiger charge is -2.18. The number of carbonyl (C=O) groups is 2. The summed E-state index contributed by atoms with van der Waals surface area (Å²) in [6.45, 7) is -0.158. The monoisotopic (exact) mass is 347 g/mol. The van der Waals surface area contributed by atoms with Gasteiger partial charge >= 0.3 is 0 Å². The molecule has 3 aromatic carbocycles. The Balaban J connectivity index is 1.77. The van der Waals surface area contributed by atoms with E-state index in [-0.39, 0.29) is 18.4 Å². The van der Waals surface area contributed by atoms with Gasteiger partial charge in [-0.15, -0.1) is 0 Å². The molecule has 5 heteroatoms. The number of hydrogen-bond acceptors (Lipinski definition) is 3. The minimum atomic E-state index is -0.695. The molecule has 132 valence electrons. The second-order valence-electron chi connectivity index (χ2n) is 6.07. The topological polar surface area (TPSA) is 84.2 Å². The third-order valence-electron chi connectivity index (χ3n) is 4.14. The van der Waals surface area contributed by atoms with Crippen molar-refractivity contribution < 1.29 is 9.59 Å². The van der Waals surface area contributed by atoms with Crippen LogP contribution in [0.5, 0.6) is 0 Å². The summed E-state index contributed by atoms with van der Waals surface area (Å²) in [7, 11) is 0. The fourth-order valence-corrected chi connectivity index (χ4v) is 2.81. The van der Waals surface area contributed by atoms with Crippen LogP contribution in [-0.2, 0) is 16.0 Å². The smallest absolute Gasteiger partial charge is 0.247 e. The first kappa shape index (κ1) is 17.6. The second kappa shape index (κ2) is 8.27. The summed E-state index contributed by atoms with van der Waals surface area (Å²) in [6.07, 6.45) is 0.395. The van der Waals surface area contributed by atoms with E-state index in [0.717, 1.165) is 16.3 Å². The van der Waals surface area contributed by atoms with Gasteiger partial charge in [-0.2, -0.15) is 0 Å². The molecule has 0 aliphatic heterocycles. The van der Waals surface area contributed by atoms with Crippen molar-refractivity contribution in [2.75, 3.05) is 11.9 Å². The Morgan fingerprint density at radius 1 is 0.885 bits per heavy atom. The highest BCUT2D eigenvalue weighted by Gasteiger charge is 2.21. The molecule has 0 unspecified atom stereocenters. The molecule has 0 heterocycles. The summed E-state index contributed by atoms with van der Waals surface area (Å²) < 4.78 is 0. The van der Waals surface area contributed by atoms with E-state index < -0.39 is 6.04 Å². The van der Waals surface area contributed by atoms with Gasteiger partial charge in [0.05, 0.1) is 6.54 Å². The normalized spacial score (nSPS) is 11.7. The highest BCUT2D eigenvalue weighted by atomic mass is 16.2. The number of carbonyl (C=O) groups excluding carboxylic acids is 2. The first-order valence-corrected chi connectivity index (χ1v) is 8.49. The van der Waals surface area contributed by atoms with Gasteiger partial charge in [-0.25, -0.2) is 0 Å². The highest BCUT2D eigenvalue weighted by molar-refractivity contribution is 5.99. The SMILES string of the molecule is NCC(=O)N[C@H](Cc1ccccc1)C(=O)Nc1ccc2ccccc2c1. The van der Waals surface area contributed by atoms with Gasteiger partial charge in [0.1, 0.15) is 6.04 Å². The Morgan fingerprint density at radius 3 is 2.31 bits per heavy atom. The van der Waals surface area contributed by atoms with Gasteiger partial charge in [0.15, 0.2) is 0 Å². The predicted molar refractivity (Wildman–Crippen MR) is 104 cm³/mol.